The Balaban J connectivity index is 2.16. The summed E-state index contributed by atoms with van der Waals surface area (Å²) in [4.78, 5) is 16.6. The highest BCUT2D eigenvalue weighted by Crippen LogP contribution is 2.28. The molecule has 0 amide bonds. The van der Waals surface area contributed by atoms with Gasteiger partial charge in [-0.3, -0.25) is 9.36 Å². The van der Waals surface area contributed by atoms with Crippen molar-refractivity contribution in [3.8, 4) is 0 Å². The minimum absolute atomic E-state index is 0.0799. The Kier molecular flexibility index (Phi) is 5.35. The average Bonchev–Trinajstić information content (AvgIpc) is 2.91. The van der Waals surface area contributed by atoms with Gasteiger partial charge in [0.2, 0.25) is 0 Å². The second-order valence-corrected chi connectivity index (χ2v) is 6.00. The first-order valence-corrected chi connectivity index (χ1v) is 7.90. The van der Waals surface area contributed by atoms with Crippen LogP contribution in [0.1, 0.15) is 50.5 Å². The molecule has 1 aliphatic rings. The van der Waals surface area contributed by atoms with E-state index in [0.29, 0.717) is 12.0 Å². The quantitative estimate of drug-likeness (QED) is 0.868. The van der Waals surface area contributed by atoms with Crippen LogP contribution in [0.15, 0.2) is 10.9 Å². The molecule has 1 atom stereocenters. The molecular formula is C16H27N3O. The van der Waals surface area contributed by atoms with Gasteiger partial charge in [0.25, 0.3) is 5.56 Å². The normalized spacial score (nSPS) is 17.6. The minimum Gasteiger partial charge on any atom is -0.312 e. The third kappa shape index (κ3) is 3.69. The highest BCUT2D eigenvalue weighted by atomic mass is 16.1. The van der Waals surface area contributed by atoms with Crippen LogP contribution in [-0.2, 0) is 6.54 Å². The van der Waals surface area contributed by atoms with Gasteiger partial charge in [-0.15, -0.1) is 0 Å². The second kappa shape index (κ2) is 7.02. The van der Waals surface area contributed by atoms with Crippen LogP contribution in [0.4, 0.5) is 0 Å². The molecule has 1 N–H and O–H groups in total. The molecule has 1 saturated carbocycles. The smallest absolute Gasteiger partial charge is 0.253 e. The molecule has 1 aliphatic carbocycles. The van der Waals surface area contributed by atoms with Crippen molar-refractivity contribution in [1.82, 2.24) is 14.9 Å². The predicted molar refractivity (Wildman–Crippen MR) is 82.0 cm³/mol. The molecule has 4 heteroatoms. The lowest BCUT2D eigenvalue weighted by Gasteiger charge is -2.26. The van der Waals surface area contributed by atoms with Crippen molar-refractivity contribution in [2.24, 2.45) is 5.92 Å². The molecule has 0 radical (unpaired) electrons. The number of rotatable bonds is 6. The van der Waals surface area contributed by atoms with Crippen molar-refractivity contribution in [3.05, 3.63) is 27.9 Å². The van der Waals surface area contributed by atoms with Crippen LogP contribution in [0.3, 0.4) is 0 Å². The summed E-state index contributed by atoms with van der Waals surface area (Å²) in [5.74, 6) is 1.53. The molecular weight excluding hydrogens is 250 g/mol. The van der Waals surface area contributed by atoms with E-state index < -0.39 is 0 Å². The highest BCUT2D eigenvalue weighted by molar-refractivity contribution is 5.02. The van der Waals surface area contributed by atoms with Crippen molar-refractivity contribution < 1.29 is 0 Å². The number of hydrogen-bond acceptors (Lipinski definition) is 3. The molecule has 4 nitrogen and oxygen atoms in total. The Morgan fingerprint density at radius 1 is 1.40 bits per heavy atom. The van der Waals surface area contributed by atoms with Gasteiger partial charge in [-0.2, -0.15) is 0 Å². The molecule has 1 fully saturated rings. The molecule has 1 aromatic rings. The molecule has 0 aliphatic heterocycles. The fourth-order valence-corrected chi connectivity index (χ4v) is 3.25. The summed E-state index contributed by atoms with van der Waals surface area (Å²) in [5.41, 5.74) is 0.888. The molecule has 20 heavy (non-hydrogen) atoms. The summed E-state index contributed by atoms with van der Waals surface area (Å²) in [6.45, 7) is 7.77. The molecule has 0 aromatic carbocycles. The maximum absolute atomic E-state index is 12.2. The zero-order valence-corrected chi connectivity index (χ0v) is 13.0. The van der Waals surface area contributed by atoms with Crippen molar-refractivity contribution in [1.29, 1.82) is 0 Å². The average molecular weight is 277 g/mol. The Bertz CT molecular complexity index is 489. The van der Waals surface area contributed by atoms with Crippen molar-refractivity contribution >= 4 is 0 Å². The van der Waals surface area contributed by atoms with E-state index in [2.05, 4.69) is 17.2 Å². The Morgan fingerprint density at radius 2 is 2.10 bits per heavy atom. The van der Waals surface area contributed by atoms with Crippen molar-refractivity contribution in [2.45, 2.75) is 65.5 Å². The summed E-state index contributed by atoms with van der Waals surface area (Å²) in [5, 5.41) is 3.64. The van der Waals surface area contributed by atoms with E-state index in [1.165, 1.54) is 25.7 Å². The Hall–Kier alpha value is -1.16. The second-order valence-electron chi connectivity index (χ2n) is 6.00. The monoisotopic (exact) mass is 277 g/mol. The van der Waals surface area contributed by atoms with Crippen LogP contribution >= 0.6 is 0 Å². The van der Waals surface area contributed by atoms with Gasteiger partial charge >= 0.3 is 0 Å². The largest absolute Gasteiger partial charge is 0.312 e. The summed E-state index contributed by atoms with van der Waals surface area (Å²) in [6.07, 6.45) is 6.36. The summed E-state index contributed by atoms with van der Waals surface area (Å²) >= 11 is 0. The van der Waals surface area contributed by atoms with Gasteiger partial charge in [0.1, 0.15) is 5.82 Å². The zero-order valence-electron chi connectivity index (χ0n) is 13.0. The lowest BCUT2D eigenvalue weighted by atomic mass is 9.97. The number of hydrogen-bond donors (Lipinski definition) is 1. The fourth-order valence-electron chi connectivity index (χ4n) is 3.25. The molecule has 2 rings (SSSR count). The van der Waals surface area contributed by atoms with E-state index in [4.69, 9.17) is 0 Å². The first kappa shape index (κ1) is 15.2. The van der Waals surface area contributed by atoms with E-state index in [-0.39, 0.29) is 5.56 Å². The predicted octanol–water partition coefficient (Wildman–Crippen LogP) is 2.42. The van der Waals surface area contributed by atoms with Gasteiger partial charge < -0.3 is 5.32 Å². The molecule has 0 saturated heterocycles. The number of nitrogens with one attached hydrogen (secondary N) is 1. The lowest BCUT2D eigenvalue weighted by molar-refractivity contribution is 0.316. The van der Waals surface area contributed by atoms with E-state index in [1.807, 2.05) is 18.4 Å². The highest BCUT2D eigenvalue weighted by Gasteiger charge is 2.25. The molecule has 0 spiro atoms. The van der Waals surface area contributed by atoms with Gasteiger partial charge in [0.15, 0.2) is 0 Å². The number of nitrogens with zero attached hydrogens (tertiary/aromatic N) is 2. The van der Waals surface area contributed by atoms with Crippen molar-refractivity contribution in [2.75, 3.05) is 6.54 Å². The summed E-state index contributed by atoms with van der Waals surface area (Å²) < 4.78 is 1.83. The van der Waals surface area contributed by atoms with Gasteiger partial charge in [0.05, 0.1) is 0 Å². The van der Waals surface area contributed by atoms with Gasteiger partial charge in [-0.25, -0.2) is 4.98 Å². The number of aromatic nitrogens is 2. The fraction of sp³-hybridized carbons (Fsp3) is 0.750. The van der Waals surface area contributed by atoms with Crippen LogP contribution in [0.2, 0.25) is 0 Å². The first-order chi connectivity index (χ1) is 9.61. The van der Waals surface area contributed by atoms with E-state index in [0.717, 1.165) is 31.0 Å². The van der Waals surface area contributed by atoms with Gasteiger partial charge in [-0.05, 0) is 45.6 Å². The van der Waals surface area contributed by atoms with Crippen LogP contribution in [-0.4, -0.2) is 22.1 Å². The third-order valence-electron chi connectivity index (χ3n) is 4.33. The van der Waals surface area contributed by atoms with Crippen molar-refractivity contribution in [3.63, 3.8) is 0 Å². The van der Waals surface area contributed by atoms with Gasteiger partial charge in [-0.1, -0.05) is 19.8 Å². The van der Waals surface area contributed by atoms with Crippen LogP contribution in [0.25, 0.3) is 0 Å². The van der Waals surface area contributed by atoms with Crippen LogP contribution < -0.4 is 10.9 Å². The molecule has 0 bridgehead atoms. The zero-order chi connectivity index (χ0) is 14.5. The molecule has 112 valence electrons. The third-order valence-corrected chi connectivity index (χ3v) is 4.33. The van der Waals surface area contributed by atoms with E-state index >= 15 is 0 Å². The SMILES string of the molecule is CCCNC(Cn1c(C)nc(C)cc1=O)C1CCCC1. The van der Waals surface area contributed by atoms with Crippen LogP contribution in [0, 0.1) is 19.8 Å². The summed E-state index contributed by atoms with van der Waals surface area (Å²) in [6, 6.07) is 2.04. The topological polar surface area (TPSA) is 46.9 Å². The minimum atomic E-state index is 0.0799. The number of aryl methyl sites for hydroxylation is 2. The van der Waals surface area contributed by atoms with E-state index in [1.54, 1.807) is 6.07 Å². The first-order valence-electron chi connectivity index (χ1n) is 7.90. The van der Waals surface area contributed by atoms with Crippen LogP contribution in [0.5, 0.6) is 0 Å². The Morgan fingerprint density at radius 3 is 2.70 bits per heavy atom. The Labute approximate surface area is 121 Å². The standard InChI is InChI=1S/C16H27N3O/c1-4-9-17-15(14-7-5-6-8-14)11-19-13(3)18-12(2)10-16(19)20/h10,14-15,17H,4-9,11H2,1-3H3. The molecule has 1 unspecified atom stereocenters. The maximum Gasteiger partial charge on any atom is 0.253 e. The van der Waals surface area contributed by atoms with E-state index in [9.17, 15) is 4.79 Å². The maximum atomic E-state index is 12.2. The summed E-state index contributed by atoms with van der Waals surface area (Å²) in [7, 11) is 0. The molecule has 1 aromatic heterocycles. The van der Waals surface area contributed by atoms with Gasteiger partial charge in [0, 0.05) is 24.3 Å². The molecule has 1 heterocycles. The lowest BCUT2D eigenvalue weighted by Crippen LogP contribution is -2.42.